The summed E-state index contributed by atoms with van der Waals surface area (Å²) in [5.74, 6) is -1.32. The Hall–Kier alpha value is -1.46. The van der Waals surface area contributed by atoms with Crippen molar-refractivity contribution in [1.82, 2.24) is 5.32 Å². The third-order valence-corrected chi connectivity index (χ3v) is 5.77. The zero-order chi connectivity index (χ0) is 15.0. The number of carboxylic acids is 1. The second kappa shape index (κ2) is 5.39. The summed E-state index contributed by atoms with van der Waals surface area (Å²) in [6.45, 7) is 2.55. The fourth-order valence-electron chi connectivity index (χ4n) is 3.04. The van der Waals surface area contributed by atoms with Gasteiger partial charge >= 0.3 is 5.97 Å². The van der Waals surface area contributed by atoms with Crippen LogP contribution < -0.4 is 5.32 Å². The summed E-state index contributed by atoms with van der Waals surface area (Å²) in [4.78, 5) is 11.7. The predicted molar refractivity (Wildman–Crippen MR) is 82.5 cm³/mol. The first-order valence-corrected chi connectivity index (χ1v) is 8.06. The quantitative estimate of drug-likeness (QED) is 0.872. The van der Waals surface area contributed by atoms with Crippen LogP contribution in [0.1, 0.15) is 47.8 Å². The minimum absolute atomic E-state index is 0.106. The maximum absolute atomic E-state index is 14.1. The lowest BCUT2D eigenvalue weighted by molar-refractivity contribution is 0.0700. The van der Waals surface area contributed by atoms with Gasteiger partial charge in [0.25, 0.3) is 0 Å². The minimum Gasteiger partial charge on any atom is -0.477 e. The Kier molecular flexibility index (Phi) is 3.71. The van der Waals surface area contributed by atoms with Gasteiger partial charge < -0.3 is 10.4 Å². The minimum atomic E-state index is -0.980. The molecule has 0 atom stereocenters. The van der Waals surface area contributed by atoms with E-state index in [9.17, 15) is 14.3 Å². The summed E-state index contributed by atoms with van der Waals surface area (Å²) >= 11 is 1.15. The van der Waals surface area contributed by atoms with E-state index >= 15 is 0 Å². The normalized spacial score (nSPS) is 16.9. The molecule has 1 fully saturated rings. The van der Waals surface area contributed by atoms with Crippen LogP contribution in [-0.2, 0) is 6.54 Å². The number of benzene rings is 1. The van der Waals surface area contributed by atoms with Gasteiger partial charge in [0.05, 0.1) is 0 Å². The standard InChI is InChI=1S/C16H18FNO2S/c1-2-16(7-4-8-16)18-9-10-13-11(17)5-3-6-12(13)21-14(10)15(19)20/h3,5-6,18H,2,4,7-9H2,1H3,(H,19,20). The SMILES string of the molecule is CCC1(NCc2c(C(=O)O)sc3cccc(F)c23)CCC1. The van der Waals surface area contributed by atoms with Crippen LogP contribution in [-0.4, -0.2) is 16.6 Å². The lowest BCUT2D eigenvalue weighted by atomic mass is 9.75. The lowest BCUT2D eigenvalue weighted by Crippen LogP contribution is -2.50. The summed E-state index contributed by atoms with van der Waals surface area (Å²) in [5, 5.41) is 13.3. The predicted octanol–water partition coefficient (Wildman–Crippen LogP) is 4.16. The van der Waals surface area contributed by atoms with Gasteiger partial charge in [-0.2, -0.15) is 0 Å². The van der Waals surface area contributed by atoms with E-state index in [1.165, 1.54) is 12.5 Å². The number of thiophene rings is 1. The Morgan fingerprint density at radius 2 is 2.24 bits per heavy atom. The highest BCUT2D eigenvalue weighted by Crippen LogP contribution is 2.37. The number of hydrogen-bond donors (Lipinski definition) is 2. The molecule has 1 saturated carbocycles. The van der Waals surface area contributed by atoms with Crippen LogP contribution in [0.5, 0.6) is 0 Å². The molecule has 0 aliphatic heterocycles. The highest BCUT2D eigenvalue weighted by Gasteiger charge is 2.35. The first-order valence-electron chi connectivity index (χ1n) is 7.24. The number of fused-ring (bicyclic) bond motifs is 1. The maximum atomic E-state index is 14.1. The molecule has 0 unspecified atom stereocenters. The molecule has 5 heteroatoms. The molecule has 0 saturated heterocycles. The van der Waals surface area contributed by atoms with Crippen molar-refractivity contribution in [3.8, 4) is 0 Å². The van der Waals surface area contributed by atoms with E-state index in [0.29, 0.717) is 22.2 Å². The van der Waals surface area contributed by atoms with Crippen LogP contribution in [0, 0.1) is 5.82 Å². The van der Waals surface area contributed by atoms with E-state index < -0.39 is 5.97 Å². The van der Waals surface area contributed by atoms with Crippen molar-refractivity contribution in [2.24, 2.45) is 0 Å². The molecule has 3 rings (SSSR count). The van der Waals surface area contributed by atoms with Crippen molar-refractivity contribution >= 4 is 27.4 Å². The monoisotopic (exact) mass is 307 g/mol. The van der Waals surface area contributed by atoms with Crippen molar-refractivity contribution in [1.29, 1.82) is 0 Å². The second-order valence-corrected chi connectivity index (χ2v) is 6.72. The number of nitrogens with one attached hydrogen (secondary N) is 1. The summed E-state index contributed by atoms with van der Waals surface area (Å²) in [7, 11) is 0. The molecule has 1 aliphatic rings. The molecule has 1 aliphatic carbocycles. The van der Waals surface area contributed by atoms with Crippen LogP contribution in [0.25, 0.3) is 10.1 Å². The van der Waals surface area contributed by atoms with Gasteiger partial charge in [-0.25, -0.2) is 9.18 Å². The van der Waals surface area contributed by atoms with Gasteiger partial charge in [0, 0.05) is 27.7 Å². The van der Waals surface area contributed by atoms with Gasteiger partial charge in [0.1, 0.15) is 10.7 Å². The average molecular weight is 307 g/mol. The highest BCUT2D eigenvalue weighted by atomic mass is 32.1. The zero-order valence-electron chi connectivity index (χ0n) is 11.9. The zero-order valence-corrected chi connectivity index (χ0v) is 12.7. The molecule has 3 nitrogen and oxygen atoms in total. The first-order chi connectivity index (χ1) is 10.1. The Labute approximate surface area is 126 Å². The number of carbonyl (C=O) groups is 1. The van der Waals surface area contributed by atoms with Crippen molar-refractivity contribution < 1.29 is 14.3 Å². The van der Waals surface area contributed by atoms with Crippen molar-refractivity contribution in [3.63, 3.8) is 0 Å². The van der Waals surface area contributed by atoms with Gasteiger partial charge in [0.15, 0.2) is 0 Å². The Balaban J connectivity index is 1.99. The smallest absolute Gasteiger partial charge is 0.346 e. The fourth-order valence-corrected chi connectivity index (χ4v) is 4.12. The van der Waals surface area contributed by atoms with Crippen molar-refractivity contribution in [2.75, 3.05) is 0 Å². The molecule has 21 heavy (non-hydrogen) atoms. The number of halogens is 1. The third kappa shape index (κ3) is 2.45. The van der Waals surface area contributed by atoms with E-state index in [1.807, 2.05) is 0 Å². The number of carboxylic acid groups (broad SMARTS) is 1. The Morgan fingerprint density at radius 1 is 1.48 bits per heavy atom. The second-order valence-electron chi connectivity index (χ2n) is 5.67. The molecular weight excluding hydrogens is 289 g/mol. The third-order valence-electron chi connectivity index (χ3n) is 4.59. The van der Waals surface area contributed by atoms with E-state index in [0.717, 1.165) is 30.6 Å². The van der Waals surface area contributed by atoms with E-state index in [2.05, 4.69) is 12.2 Å². The van der Waals surface area contributed by atoms with E-state index in [-0.39, 0.29) is 16.2 Å². The van der Waals surface area contributed by atoms with Crippen LogP contribution in [0.3, 0.4) is 0 Å². The largest absolute Gasteiger partial charge is 0.477 e. The van der Waals surface area contributed by atoms with E-state index in [4.69, 9.17) is 0 Å². The average Bonchev–Trinajstić information content (AvgIpc) is 2.78. The van der Waals surface area contributed by atoms with Gasteiger partial charge in [-0.15, -0.1) is 11.3 Å². The lowest BCUT2D eigenvalue weighted by Gasteiger charge is -2.42. The first kappa shape index (κ1) is 14.5. The topological polar surface area (TPSA) is 49.3 Å². The molecule has 2 aromatic rings. The molecular formula is C16H18FNO2S. The molecule has 0 bridgehead atoms. The van der Waals surface area contributed by atoms with Crippen molar-refractivity contribution in [3.05, 3.63) is 34.5 Å². The summed E-state index contributed by atoms with van der Waals surface area (Å²) in [5.41, 5.74) is 0.690. The van der Waals surface area contributed by atoms with E-state index in [1.54, 1.807) is 12.1 Å². The van der Waals surface area contributed by atoms with Gasteiger partial charge in [0.2, 0.25) is 0 Å². The fraction of sp³-hybridized carbons (Fsp3) is 0.438. The number of hydrogen-bond acceptors (Lipinski definition) is 3. The molecule has 1 heterocycles. The van der Waals surface area contributed by atoms with Crippen LogP contribution >= 0.6 is 11.3 Å². The van der Waals surface area contributed by atoms with Gasteiger partial charge in [-0.1, -0.05) is 13.0 Å². The van der Waals surface area contributed by atoms with Crippen LogP contribution in [0.15, 0.2) is 18.2 Å². The summed E-state index contributed by atoms with van der Waals surface area (Å²) in [6.07, 6.45) is 4.43. The Bertz CT molecular complexity index is 685. The number of rotatable bonds is 5. The van der Waals surface area contributed by atoms with Crippen molar-refractivity contribution in [2.45, 2.75) is 44.7 Å². The number of aromatic carboxylic acids is 1. The van der Waals surface area contributed by atoms with Crippen LogP contribution in [0.2, 0.25) is 0 Å². The molecule has 0 spiro atoms. The van der Waals surface area contributed by atoms with Gasteiger partial charge in [-0.3, -0.25) is 0 Å². The molecule has 2 N–H and O–H groups in total. The molecule has 0 radical (unpaired) electrons. The summed E-state index contributed by atoms with van der Waals surface area (Å²) < 4.78 is 14.8. The molecule has 1 aromatic carbocycles. The van der Waals surface area contributed by atoms with Crippen LogP contribution in [0.4, 0.5) is 4.39 Å². The van der Waals surface area contributed by atoms with Gasteiger partial charge in [-0.05, 0) is 37.8 Å². The maximum Gasteiger partial charge on any atom is 0.346 e. The molecule has 112 valence electrons. The molecule has 1 aromatic heterocycles. The summed E-state index contributed by atoms with van der Waals surface area (Å²) in [6, 6.07) is 4.79. The Morgan fingerprint density at radius 3 is 2.81 bits per heavy atom. The molecule has 0 amide bonds. The highest BCUT2D eigenvalue weighted by molar-refractivity contribution is 7.21.